The summed E-state index contributed by atoms with van der Waals surface area (Å²) in [6.45, 7) is 3.09. The van der Waals surface area contributed by atoms with Gasteiger partial charge in [0.1, 0.15) is 18.1 Å². The van der Waals surface area contributed by atoms with Crippen LogP contribution in [0.5, 0.6) is 5.75 Å². The highest BCUT2D eigenvalue weighted by atomic mass is 16.5. The van der Waals surface area contributed by atoms with Crippen LogP contribution in [0.4, 0.5) is 0 Å². The van der Waals surface area contributed by atoms with E-state index in [1.165, 1.54) is 10.9 Å². The Balaban J connectivity index is 1.79. The molecule has 23 heavy (non-hydrogen) atoms. The van der Waals surface area contributed by atoms with Gasteiger partial charge in [0, 0.05) is 23.1 Å². The fraction of sp³-hybridized carbons (Fsp3) is 0.0952. The van der Waals surface area contributed by atoms with Gasteiger partial charge < -0.3 is 4.74 Å². The van der Waals surface area contributed by atoms with E-state index in [1.807, 2.05) is 24.3 Å². The third kappa shape index (κ3) is 2.53. The van der Waals surface area contributed by atoms with Crippen LogP contribution in [0.3, 0.4) is 0 Å². The molecular weight excluding hydrogens is 282 g/mol. The molecule has 1 aliphatic rings. The normalized spacial score (nSPS) is 14.7. The average molecular weight is 300 g/mol. The van der Waals surface area contributed by atoms with Gasteiger partial charge in [-0.1, -0.05) is 30.3 Å². The molecule has 0 radical (unpaired) electrons. The second-order valence-corrected chi connectivity index (χ2v) is 5.58. The van der Waals surface area contributed by atoms with Crippen LogP contribution >= 0.6 is 0 Å². The molecule has 2 nitrogen and oxygen atoms in total. The summed E-state index contributed by atoms with van der Waals surface area (Å²) in [5.74, 6) is 1.77. The number of aromatic nitrogens is 1. The Morgan fingerprint density at radius 2 is 1.74 bits per heavy atom. The van der Waals surface area contributed by atoms with Crippen LogP contribution in [0.2, 0.25) is 0 Å². The SMILES string of the molecule is CC[n+]1c(/C=C2\C=Cc3ccccc3O2)ccc2ccccc21. The molecule has 0 aliphatic carbocycles. The number of pyridine rings is 1. The number of para-hydroxylation sites is 2. The van der Waals surface area contributed by atoms with E-state index in [2.05, 4.69) is 66.1 Å². The summed E-state index contributed by atoms with van der Waals surface area (Å²) in [7, 11) is 0. The van der Waals surface area contributed by atoms with Gasteiger partial charge in [-0.2, -0.15) is 4.57 Å². The number of fused-ring (bicyclic) bond motifs is 2. The Kier molecular flexibility index (Phi) is 3.43. The summed E-state index contributed by atoms with van der Waals surface area (Å²) in [6.07, 6.45) is 6.22. The van der Waals surface area contributed by atoms with E-state index in [4.69, 9.17) is 4.74 Å². The first-order chi connectivity index (χ1) is 11.3. The molecule has 4 rings (SSSR count). The minimum Gasteiger partial charge on any atom is -0.456 e. The van der Waals surface area contributed by atoms with Crippen molar-refractivity contribution < 1.29 is 9.30 Å². The number of hydrogen-bond acceptors (Lipinski definition) is 1. The lowest BCUT2D eigenvalue weighted by Gasteiger charge is -2.14. The number of hydrogen-bond donors (Lipinski definition) is 0. The van der Waals surface area contributed by atoms with Crippen LogP contribution in [0, 0.1) is 0 Å². The highest BCUT2D eigenvalue weighted by molar-refractivity contribution is 5.76. The number of aryl methyl sites for hydroxylation is 1. The van der Waals surface area contributed by atoms with E-state index in [0.717, 1.165) is 29.3 Å². The zero-order valence-corrected chi connectivity index (χ0v) is 13.1. The highest BCUT2D eigenvalue weighted by Gasteiger charge is 2.14. The quantitative estimate of drug-likeness (QED) is 0.631. The second-order valence-electron chi connectivity index (χ2n) is 5.58. The maximum atomic E-state index is 6.01. The van der Waals surface area contributed by atoms with Crippen molar-refractivity contribution in [3.8, 4) is 5.75 Å². The molecule has 0 bridgehead atoms. The van der Waals surface area contributed by atoms with Crippen molar-refractivity contribution in [1.29, 1.82) is 0 Å². The third-order valence-electron chi connectivity index (χ3n) is 4.15. The van der Waals surface area contributed by atoms with Gasteiger partial charge in [-0.05, 0) is 37.3 Å². The minimum atomic E-state index is 0.862. The molecule has 0 saturated heterocycles. The van der Waals surface area contributed by atoms with E-state index in [0.29, 0.717) is 0 Å². The molecule has 3 aromatic rings. The first kappa shape index (κ1) is 13.8. The van der Waals surface area contributed by atoms with Gasteiger partial charge in [-0.3, -0.25) is 0 Å². The van der Waals surface area contributed by atoms with Crippen LogP contribution < -0.4 is 9.30 Å². The number of rotatable bonds is 2. The summed E-state index contributed by atoms with van der Waals surface area (Å²) in [5.41, 5.74) is 3.50. The van der Waals surface area contributed by atoms with Gasteiger partial charge in [0.05, 0.1) is 6.08 Å². The lowest BCUT2D eigenvalue weighted by Crippen LogP contribution is -2.36. The first-order valence-corrected chi connectivity index (χ1v) is 7.93. The summed E-state index contributed by atoms with van der Waals surface area (Å²) < 4.78 is 8.31. The van der Waals surface area contributed by atoms with E-state index >= 15 is 0 Å². The predicted octanol–water partition coefficient (Wildman–Crippen LogP) is 4.59. The Hall–Kier alpha value is -2.87. The van der Waals surface area contributed by atoms with Crippen molar-refractivity contribution in [3.05, 3.63) is 83.8 Å². The second kappa shape index (κ2) is 5.73. The standard InChI is InChI=1S/C21H18NO/c1-2-22-18(13-11-16-7-3-5-9-20(16)22)15-19-14-12-17-8-4-6-10-21(17)23-19/h3-15H,2H2,1H3/q+1/b19-15+. The largest absolute Gasteiger partial charge is 0.456 e. The average Bonchev–Trinajstić information content (AvgIpc) is 2.61. The molecule has 0 spiro atoms. The molecule has 2 aromatic carbocycles. The van der Waals surface area contributed by atoms with Gasteiger partial charge in [-0.25, -0.2) is 0 Å². The summed E-state index contributed by atoms with van der Waals surface area (Å²) >= 11 is 0. The molecule has 0 fully saturated rings. The first-order valence-electron chi connectivity index (χ1n) is 7.93. The molecule has 0 N–H and O–H groups in total. The zero-order chi connectivity index (χ0) is 15.6. The van der Waals surface area contributed by atoms with Crippen molar-refractivity contribution in [3.63, 3.8) is 0 Å². The maximum Gasteiger partial charge on any atom is 0.212 e. The molecular formula is C21H18NO+. The van der Waals surface area contributed by atoms with Crippen LogP contribution in [0.15, 0.2) is 72.5 Å². The van der Waals surface area contributed by atoms with Crippen LogP contribution in [-0.2, 0) is 6.54 Å². The molecule has 1 aromatic heterocycles. The van der Waals surface area contributed by atoms with Gasteiger partial charge >= 0.3 is 0 Å². The Labute approximate surface area is 136 Å². The monoisotopic (exact) mass is 300 g/mol. The molecule has 0 saturated carbocycles. The molecule has 0 amide bonds. The lowest BCUT2D eigenvalue weighted by atomic mass is 10.1. The van der Waals surface area contributed by atoms with Crippen molar-refractivity contribution in [2.75, 3.05) is 0 Å². The smallest absolute Gasteiger partial charge is 0.212 e. The zero-order valence-electron chi connectivity index (χ0n) is 13.1. The van der Waals surface area contributed by atoms with E-state index in [9.17, 15) is 0 Å². The van der Waals surface area contributed by atoms with Crippen LogP contribution in [0.25, 0.3) is 23.1 Å². The van der Waals surface area contributed by atoms with E-state index in [1.54, 1.807) is 0 Å². The molecule has 112 valence electrons. The molecule has 2 heteroatoms. The van der Waals surface area contributed by atoms with Gasteiger partial charge in [-0.15, -0.1) is 0 Å². The number of allylic oxidation sites excluding steroid dienone is 1. The molecule has 2 heterocycles. The summed E-state index contributed by atoms with van der Waals surface area (Å²) in [5, 5.41) is 1.25. The van der Waals surface area contributed by atoms with Gasteiger partial charge in [0.25, 0.3) is 0 Å². The van der Waals surface area contributed by atoms with Crippen LogP contribution in [0.1, 0.15) is 18.2 Å². The van der Waals surface area contributed by atoms with Crippen molar-refractivity contribution in [2.24, 2.45) is 0 Å². The van der Waals surface area contributed by atoms with Crippen LogP contribution in [-0.4, -0.2) is 0 Å². The predicted molar refractivity (Wildman–Crippen MR) is 93.9 cm³/mol. The Bertz CT molecular complexity index is 937. The van der Waals surface area contributed by atoms with Crippen molar-refractivity contribution >= 4 is 23.1 Å². The molecule has 0 atom stereocenters. The molecule has 0 unspecified atom stereocenters. The van der Waals surface area contributed by atoms with Crippen molar-refractivity contribution in [2.45, 2.75) is 13.5 Å². The fourth-order valence-corrected chi connectivity index (χ4v) is 3.02. The number of ether oxygens (including phenoxy) is 1. The Morgan fingerprint density at radius 3 is 2.65 bits per heavy atom. The molecule has 1 aliphatic heterocycles. The number of nitrogens with zero attached hydrogens (tertiary/aromatic N) is 1. The number of benzene rings is 2. The Morgan fingerprint density at radius 1 is 0.913 bits per heavy atom. The topological polar surface area (TPSA) is 13.1 Å². The minimum absolute atomic E-state index is 0.862. The van der Waals surface area contributed by atoms with Gasteiger partial charge in [0.15, 0.2) is 0 Å². The summed E-state index contributed by atoms with van der Waals surface area (Å²) in [6, 6.07) is 20.9. The third-order valence-corrected chi connectivity index (χ3v) is 4.15. The lowest BCUT2D eigenvalue weighted by molar-refractivity contribution is -0.669. The maximum absolute atomic E-state index is 6.01. The van der Waals surface area contributed by atoms with E-state index in [-0.39, 0.29) is 0 Å². The van der Waals surface area contributed by atoms with Crippen molar-refractivity contribution in [1.82, 2.24) is 0 Å². The van der Waals surface area contributed by atoms with Gasteiger partial charge in [0.2, 0.25) is 11.2 Å². The highest BCUT2D eigenvalue weighted by Crippen LogP contribution is 2.27. The summed E-state index contributed by atoms with van der Waals surface area (Å²) in [4.78, 5) is 0. The fourth-order valence-electron chi connectivity index (χ4n) is 3.02. The van der Waals surface area contributed by atoms with E-state index < -0.39 is 0 Å².